The van der Waals surface area contributed by atoms with Crippen LogP contribution in [-0.4, -0.2) is 56.6 Å². The molecule has 140 valence electrons. The van der Waals surface area contributed by atoms with E-state index in [2.05, 4.69) is 15.0 Å². The molecule has 1 saturated heterocycles. The third-order valence-electron chi connectivity index (χ3n) is 4.50. The van der Waals surface area contributed by atoms with Gasteiger partial charge in [0.25, 0.3) is 10.0 Å². The number of hydrogen-bond acceptors (Lipinski definition) is 5. The first-order valence-electron chi connectivity index (χ1n) is 8.53. The highest BCUT2D eigenvalue weighted by Gasteiger charge is 2.35. The van der Waals surface area contributed by atoms with E-state index < -0.39 is 10.0 Å². The maximum atomic E-state index is 12.2. The van der Waals surface area contributed by atoms with Crippen molar-refractivity contribution in [1.29, 1.82) is 0 Å². The zero-order valence-corrected chi connectivity index (χ0v) is 15.5. The average Bonchev–Trinajstić information content (AvgIpc) is 3.10. The fourth-order valence-electron chi connectivity index (χ4n) is 3.15. The minimum absolute atomic E-state index is 0.00244. The number of carbonyl (C=O) groups excluding carboxylic acids is 2. The van der Waals surface area contributed by atoms with Crippen LogP contribution < -0.4 is 10.0 Å². The molecule has 26 heavy (non-hydrogen) atoms. The van der Waals surface area contributed by atoms with Crippen molar-refractivity contribution in [2.24, 2.45) is 10.9 Å². The summed E-state index contributed by atoms with van der Waals surface area (Å²) in [6.07, 6.45) is 0.228. The van der Waals surface area contributed by atoms with Crippen molar-refractivity contribution in [3.63, 3.8) is 0 Å². The number of amides is 2. The number of carbonyl (C=O) groups is 2. The highest BCUT2D eigenvalue weighted by atomic mass is 32.2. The van der Waals surface area contributed by atoms with Crippen molar-refractivity contribution in [3.05, 3.63) is 29.8 Å². The van der Waals surface area contributed by atoms with Crippen LogP contribution >= 0.6 is 0 Å². The van der Waals surface area contributed by atoms with Gasteiger partial charge in [0.05, 0.1) is 17.4 Å². The van der Waals surface area contributed by atoms with Crippen LogP contribution in [0.1, 0.15) is 25.8 Å². The van der Waals surface area contributed by atoms with Gasteiger partial charge < -0.3 is 10.2 Å². The first kappa shape index (κ1) is 18.4. The number of fused-ring (bicyclic) bond motifs is 1. The van der Waals surface area contributed by atoms with Crippen molar-refractivity contribution < 1.29 is 18.0 Å². The predicted octanol–water partition coefficient (Wildman–Crippen LogP) is 0.0982. The van der Waals surface area contributed by atoms with Gasteiger partial charge in [-0.05, 0) is 26.0 Å². The van der Waals surface area contributed by atoms with Gasteiger partial charge in [0, 0.05) is 31.1 Å². The van der Waals surface area contributed by atoms with Crippen LogP contribution in [0.15, 0.2) is 34.2 Å². The molecule has 1 aromatic rings. The zero-order valence-electron chi connectivity index (χ0n) is 14.7. The molecule has 0 spiro atoms. The Morgan fingerprint density at radius 2 is 2.12 bits per heavy atom. The standard InChI is InChI=1S/C17H22N4O4S/c1-11(2)21-10-12(9-15(21)22)17(23)19-8-7-18-16-13-5-3-4-6-14(13)26(24,25)20-16/h3-6,11-12H,7-10H2,1-2H3,(H,18,20)(H,19,23)/t12-/m0/s1. The molecular weight excluding hydrogens is 356 g/mol. The van der Waals surface area contributed by atoms with Crippen LogP contribution in [0.2, 0.25) is 0 Å². The maximum Gasteiger partial charge on any atom is 0.263 e. The normalized spacial score (nSPS) is 22.6. The Hall–Kier alpha value is -2.42. The van der Waals surface area contributed by atoms with Crippen molar-refractivity contribution in [3.8, 4) is 0 Å². The Balaban J connectivity index is 1.54. The lowest BCUT2D eigenvalue weighted by Crippen LogP contribution is -2.36. The van der Waals surface area contributed by atoms with Gasteiger partial charge in [-0.1, -0.05) is 12.1 Å². The Morgan fingerprint density at radius 1 is 1.38 bits per heavy atom. The summed E-state index contributed by atoms with van der Waals surface area (Å²) in [4.78, 5) is 30.2. The highest BCUT2D eigenvalue weighted by Crippen LogP contribution is 2.22. The van der Waals surface area contributed by atoms with Crippen LogP contribution in [0, 0.1) is 5.92 Å². The van der Waals surface area contributed by atoms with E-state index in [-0.39, 0.29) is 54.0 Å². The van der Waals surface area contributed by atoms with E-state index in [0.717, 1.165) is 0 Å². The number of amidine groups is 1. The predicted molar refractivity (Wildman–Crippen MR) is 96.1 cm³/mol. The second-order valence-electron chi connectivity index (χ2n) is 6.66. The van der Waals surface area contributed by atoms with Gasteiger partial charge in [0.1, 0.15) is 5.84 Å². The van der Waals surface area contributed by atoms with E-state index in [1.165, 1.54) is 6.07 Å². The lowest BCUT2D eigenvalue weighted by Gasteiger charge is -2.20. The fraction of sp³-hybridized carbons (Fsp3) is 0.471. The molecule has 2 N–H and O–H groups in total. The summed E-state index contributed by atoms with van der Waals surface area (Å²) >= 11 is 0. The number of rotatable bonds is 5. The van der Waals surface area contributed by atoms with Gasteiger partial charge >= 0.3 is 0 Å². The molecule has 0 aliphatic carbocycles. The third-order valence-corrected chi connectivity index (χ3v) is 5.89. The summed E-state index contributed by atoms with van der Waals surface area (Å²) in [5.41, 5.74) is 0.535. The lowest BCUT2D eigenvalue weighted by atomic mass is 10.1. The molecule has 2 heterocycles. The van der Waals surface area contributed by atoms with Crippen molar-refractivity contribution in [2.45, 2.75) is 31.2 Å². The van der Waals surface area contributed by atoms with E-state index in [0.29, 0.717) is 12.1 Å². The number of aliphatic imine (C=N–C) groups is 1. The Labute approximate surface area is 152 Å². The minimum Gasteiger partial charge on any atom is -0.354 e. The lowest BCUT2D eigenvalue weighted by molar-refractivity contribution is -0.129. The minimum atomic E-state index is -3.55. The van der Waals surface area contributed by atoms with E-state index in [4.69, 9.17) is 0 Å². The monoisotopic (exact) mass is 378 g/mol. The number of likely N-dealkylation sites (tertiary alicyclic amines) is 1. The molecule has 2 aliphatic rings. The van der Waals surface area contributed by atoms with Gasteiger partial charge in [-0.2, -0.15) is 0 Å². The number of sulfonamides is 1. The van der Waals surface area contributed by atoms with Crippen LogP contribution in [-0.2, 0) is 19.6 Å². The van der Waals surface area contributed by atoms with E-state index in [1.54, 1.807) is 23.1 Å². The van der Waals surface area contributed by atoms with Crippen molar-refractivity contribution >= 4 is 27.7 Å². The number of benzene rings is 1. The fourth-order valence-corrected chi connectivity index (χ4v) is 4.40. The van der Waals surface area contributed by atoms with Gasteiger partial charge in [-0.25, -0.2) is 8.42 Å². The molecule has 0 saturated carbocycles. The first-order chi connectivity index (χ1) is 12.3. The topological polar surface area (TPSA) is 108 Å². The molecule has 1 fully saturated rings. The van der Waals surface area contributed by atoms with Gasteiger partial charge in [0.15, 0.2) is 0 Å². The second kappa shape index (κ2) is 7.06. The average molecular weight is 378 g/mol. The molecule has 9 heteroatoms. The van der Waals surface area contributed by atoms with Crippen LogP contribution in [0.4, 0.5) is 0 Å². The van der Waals surface area contributed by atoms with Crippen LogP contribution in [0.25, 0.3) is 0 Å². The first-order valence-corrected chi connectivity index (χ1v) is 10.0. The summed E-state index contributed by atoms with van der Waals surface area (Å²) in [6, 6.07) is 6.71. The van der Waals surface area contributed by atoms with Gasteiger partial charge in [-0.15, -0.1) is 0 Å². The smallest absolute Gasteiger partial charge is 0.263 e. The molecule has 2 amide bonds. The van der Waals surface area contributed by atoms with E-state index >= 15 is 0 Å². The van der Waals surface area contributed by atoms with Gasteiger partial charge in [0.2, 0.25) is 11.8 Å². The maximum absolute atomic E-state index is 12.2. The van der Waals surface area contributed by atoms with Gasteiger partial charge in [-0.3, -0.25) is 19.3 Å². The van der Waals surface area contributed by atoms with E-state index in [9.17, 15) is 18.0 Å². The molecule has 0 unspecified atom stereocenters. The quantitative estimate of drug-likeness (QED) is 0.708. The summed E-state index contributed by atoms with van der Waals surface area (Å²) in [6.45, 7) is 4.80. The Kier molecular flexibility index (Phi) is 4.99. The molecule has 3 rings (SSSR count). The molecule has 1 aromatic carbocycles. The summed E-state index contributed by atoms with van der Waals surface area (Å²) in [5, 5.41) is 2.77. The van der Waals surface area contributed by atoms with Crippen molar-refractivity contribution in [2.75, 3.05) is 19.6 Å². The summed E-state index contributed by atoms with van der Waals surface area (Å²) in [7, 11) is -3.55. The number of hydrogen-bond donors (Lipinski definition) is 2. The molecule has 1 atom stereocenters. The molecule has 2 aliphatic heterocycles. The SMILES string of the molecule is CC(C)N1C[C@@H](C(=O)NCCN=C2NS(=O)(=O)c3ccccc32)CC1=O. The summed E-state index contributed by atoms with van der Waals surface area (Å²) in [5.74, 6) is -0.230. The Morgan fingerprint density at radius 3 is 2.81 bits per heavy atom. The number of nitrogens with one attached hydrogen (secondary N) is 2. The van der Waals surface area contributed by atoms with Crippen LogP contribution in [0.3, 0.4) is 0 Å². The zero-order chi connectivity index (χ0) is 18.9. The highest BCUT2D eigenvalue weighted by molar-refractivity contribution is 7.90. The molecule has 0 radical (unpaired) electrons. The summed E-state index contributed by atoms with van der Waals surface area (Å²) < 4.78 is 26.4. The third kappa shape index (κ3) is 3.57. The second-order valence-corrected chi connectivity index (χ2v) is 8.31. The molecular formula is C17H22N4O4S. The molecule has 0 aromatic heterocycles. The Bertz CT molecular complexity index is 863. The van der Waals surface area contributed by atoms with Crippen LogP contribution in [0.5, 0.6) is 0 Å². The molecule has 8 nitrogen and oxygen atoms in total. The van der Waals surface area contributed by atoms with Crippen molar-refractivity contribution in [1.82, 2.24) is 14.9 Å². The molecule has 0 bridgehead atoms. The number of nitrogens with zero attached hydrogens (tertiary/aromatic N) is 2. The van der Waals surface area contributed by atoms with E-state index in [1.807, 2.05) is 13.8 Å². The largest absolute Gasteiger partial charge is 0.354 e.